The number of nitrogens with one attached hydrogen (secondary N) is 1. The minimum Gasteiger partial charge on any atom is -0.497 e. The molecule has 1 aliphatic rings. The summed E-state index contributed by atoms with van der Waals surface area (Å²) < 4.78 is 10.5. The molecule has 150 valence electrons. The van der Waals surface area contributed by atoms with Crippen LogP contribution in [0.2, 0.25) is 0 Å². The summed E-state index contributed by atoms with van der Waals surface area (Å²) in [5.41, 5.74) is 8.24. The summed E-state index contributed by atoms with van der Waals surface area (Å²) in [4.78, 5) is 27.0. The second-order valence-corrected chi connectivity index (χ2v) is 6.45. The van der Waals surface area contributed by atoms with Gasteiger partial charge >= 0.3 is 0 Å². The van der Waals surface area contributed by atoms with E-state index in [1.165, 1.54) is 0 Å². The van der Waals surface area contributed by atoms with Crippen LogP contribution in [0.25, 0.3) is 0 Å². The van der Waals surface area contributed by atoms with Crippen molar-refractivity contribution in [2.75, 3.05) is 31.4 Å². The predicted octanol–water partition coefficient (Wildman–Crippen LogP) is 2.55. The van der Waals surface area contributed by atoms with Crippen molar-refractivity contribution in [3.8, 4) is 11.5 Å². The van der Waals surface area contributed by atoms with Gasteiger partial charge in [0.2, 0.25) is 5.91 Å². The van der Waals surface area contributed by atoms with Crippen molar-refractivity contribution in [3.05, 3.63) is 47.5 Å². The highest BCUT2D eigenvalue weighted by molar-refractivity contribution is 6.04. The summed E-state index contributed by atoms with van der Waals surface area (Å²) >= 11 is 0. The van der Waals surface area contributed by atoms with E-state index in [-0.39, 0.29) is 24.2 Å². The SMILES string of the molecule is COc1cc(OC)cc(N2CCC(NC(=O)c3cc(N)ccc3C)C2=O)c1.Cl. The van der Waals surface area contributed by atoms with Crippen molar-refractivity contribution in [2.45, 2.75) is 19.4 Å². The van der Waals surface area contributed by atoms with Crippen LogP contribution < -0.4 is 25.4 Å². The van der Waals surface area contributed by atoms with Crippen molar-refractivity contribution in [2.24, 2.45) is 0 Å². The number of benzene rings is 2. The zero-order valence-electron chi connectivity index (χ0n) is 16.0. The second kappa shape index (κ2) is 8.84. The molecule has 28 heavy (non-hydrogen) atoms. The van der Waals surface area contributed by atoms with E-state index in [9.17, 15) is 9.59 Å². The molecule has 0 aromatic heterocycles. The molecule has 7 nitrogen and oxygen atoms in total. The Labute approximate surface area is 170 Å². The third-order valence-electron chi connectivity index (χ3n) is 4.66. The Hall–Kier alpha value is -2.93. The molecule has 2 aromatic carbocycles. The minimum absolute atomic E-state index is 0. The maximum Gasteiger partial charge on any atom is 0.252 e. The Balaban J connectivity index is 0.00000280. The number of hydrogen-bond acceptors (Lipinski definition) is 5. The van der Waals surface area contributed by atoms with Crippen molar-refractivity contribution in [3.63, 3.8) is 0 Å². The number of ether oxygens (including phenoxy) is 2. The molecule has 3 rings (SSSR count). The predicted molar refractivity (Wildman–Crippen MR) is 111 cm³/mol. The molecule has 1 fully saturated rings. The molecule has 0 bridgehead atoms. The van der Waals surface area contributed by atoms with Crippen molar-refractivity contribution in [1.82, 2.24) is 5.32 Å². The van der Waals surface area contributed by atoms with Gasteiger partial charge in [-0.1, -0.05) is 6.07 Å². The van der Waals surface area contributed by atoms with E-state index in [1.807, 2.05) is 6.92 Å². The summed E-state index contributed by atoms with van der Waals surface area (Å²) in [6.07, 6.45) is 0.519. The second-order valence-electron chi connectivity index (χ2n) is 6.45. The van der Waals surface area contributed by atoms with Gasteiger partial charge in [0.1, 0.15) is 17.5 Å². The summed E-state index contributed by atoms with van der Waals surface area (Å²) in [5, 5.41) is 2.82. The van der Waals surface area contributed by atoms with E-state index in [2.05, 4.69) is 5.32 Å². The van der Waals surface area contributed by atoms with Gasteiger partial charge in [0, 0.05) is 36.0 Å². The first-order valence-electron chi connectivity index (χ1n) is 8.64. The molecule has 1 unspecified atom stereocenters. The summed E-state index contributed by atoms with van der Waals surface area (Å²) in [5.74, 6) is 0.725. The van der Waals surface area contributed by atoms with Crippen molar-refractivity contribution >= 4 is 35.6 Å². The van der Waals surface area contributed by atoms with Gasteiger partial charge in [-0.25, -0.2) is 0 Å². The van der Waals surface area contributed by atoms with E-state index >= 15 is 0 Å². The lowest BCUT2D eigenvalue weighted by atomic mass is 10.1. The zero-order valence-corrected chi connectivity index (χ0v) is 16.8. The van der Waals surface area contributed by atoms with Crippen LogP contribution in [0.15, 0.2) is 36.4 Å². The molecule has 0 aliphatic carbocycles. The van der Waals surface area contributed by atoms with Crippen molar-refractivity contribution < 1.29 is 19.1 Å². The lowest BCUT2D eigenvalue weighted by Gasteiger charge is -2.19. The van der Waals surface area contributed by atoms with E-state index < -0.39 is 6.04 Å². The van der Waals surface area contributed by atoms with E-state index in [0.717, 1.165) is 5.56 Å². The van der Waals surface area contributed by atoms with Crippen LogP contribution in [-0.2, 0) is 4.79 Å². The summed E-state index contributed by atoms with van der Waals surface area (Å²) in [6.45, 7) is 2.33. The van der Waals surface area contributed by atoms with Gasteiger partial charge in [-0.3, -0.25) is 9.59 Å². The van der Waals surface area contributed by atoms with Gasteiger partial charge in [0.15, 0.2) is 0 Å². The number of rotatable bonds is 5. The van der Waals surface area contributed by atoms with Gasteiger partial charge in [0.05, 0.1) is 19.9 Å². The van der Waals surface area contributed by atoms with E-state index in [1.54, 1.807) is 55.5 Å². The largest absolute Gasteiger partial charge is 0.497 e. The molecule has 1 atom stereocenters. The smallest absolute Gasteiger partial charge is 0.252 e. The molecular formula is C20H24ClN3O4. The molecule has 8 heteroatoms. The van der Waals surface area contributed by atoms with E-state index in [4.69, 9.17) is 15.2 Å². The fraction of sp³-hybridized carbons (Fsp3) is 0.300. The number of hydrogen-bond donors (Lipinski definition) is 2. The number of anilines is 2. The number of carbonyl (C=O) groups excluding carboxylic acids is 2. The Kier molecular flexibility index (Phi) is 6.75. The number of halogens is 1. The number of carbonyl (C=O) groups is 2. The van der Waals surface area contributed by atoms with Crippen LogP contribution in [0, 0.1) is 6.92 Å². The average Bonchev–Trinajstić information content (AvgIpc) is 3.03. The van der Waals surface area contributed by atoms with Crippen LogP contribution in [0.1, 0.15) is 22.3 Å². The van der Waals surface area contributed by atoms with Gasteiger partial charge in [-0.2, -0.15) is 0 Å². The highest BCUT2D eigenvalue weighted by Crippen LogP contribution is 2.31. The number of nitrogens with two attached hydrogens (primary N) is 1. The Morgan fingerprint density at radius 2 is 1.79 bits per heavy atom. The highest BCUT2D eigenvalue weighted by Gasteiger charge is 2.34. The first-order chi connectivity index (χ1) is 12.9. The van der Waals surface area contributed by atoms with Crippen LogP contribution in [0.3, 0.4) is 0 Å². The molecule has 0 spiro atoms. The topological polar surface area (TPSA) is 93.9 Å². The number of nitrogen functional groups attached to an aromatic ring is 1. The van der Waals surface area contributed by atoms with Crippen molar-refractivity contribution in [1.29, 1.82) is 0 Å². The number of aryl methyl sites for hydroxylation is 1. The molecule has 3 N–H and O–H groups in total. The van der Waals surface area contributed by atoms with E-state index in [0.29, 0.717) is 41.4 Å². The normalized spacial score (nSPS) is 15.8. The maximum absolute atomic E-state index is 12.8. The molecule has 2 amide bonds. The Bertz CT molecular complexity index is 865. The summed E-state index contributed by atoms with van der Waals surface area (Å²) in [7, 11) is 3.11. The molecule has 1 aliphatic heterocycles. The Morgan fingerprint density at radius 3 is 2.39 bits per heavy atom. The van der Waals surface area contributed by atoms with Gasteiger partial charge in [-0.05, 0) is 31.0 Å². The fourth-order valence-electron chi connectivity index (χ4n) is 3.14. The third-order valence-corrected chi connectivity index (χ3v) is 4.66. The lowest BCUT2D eigenvalue weighted by Crippen LogP contribution is -2.41. The third kappa shape index (κ3) is 4.31. The minimum atomic E-state index is -0.587. The first kappa shape index (κ1) is 21.4. The number of nitrogens with zero attached hydrogens (tertiary/aromatic N) is 1. The molecule has 1 heterocycles. The average molecular weight is 406 g/mol. The monoisotopic (exact) mass is 405 g/mol. The highest BCUT2D eigenvalue weighted by atomic mass is 35.5. The molecule has 1 saturated heterocycles. The van der Waals surface area contributed by atoms with Crippen LogP contribution in [0.5, 0.6) is 11.5 Å². The number of methoxy groups -OCH3 is 2. The van der Waals surface area contributed by atoms with Gasteiger partial charge < -0.3 is 25.4 Å². The fourth-order valence-corrected chi connectivity index (χ4v) is 3.14. The quantitative estimate of drug-likeness (QED) is 0.745. The van der Waals surface area contributed by atoms with Crippen LogP contribution in [0.4, 0.5) is 11.4 Å². The molecule has 0 radical (unpaired) electrons. The molecular weight excluding hydrogens is 382 g/mol. The zero-order chi connectivity index (χ0) is 19.6. The van der Waals surface area contributed by atoms with Gasteiger partial charge in [0.25, 0.3) is 5.91 Å². The molecule has 2 aromatic rings. The number of amides is 2. The Morgan fingerprint density at radius 1 is 1.14 bits per heavy atom. The molecule has 0 saturated carbocycles. The van der Waals surface area contributed by atoms with Crippen LogP contribution >= 0.6 is 12.4 Å². The maximum atomic E-state index is 12.8. The van der Waals surface area contributed by atoms with Gasteiger partial charge in [-0.15, -0.1) is 12.4 Å². The van der Waals surface area contributed by atoms with Crippen LogP contribution in [-0.4, -0.2) is 38.6 Å². The lowest BCUT2D eigenvalue weighted by molar-refractivity contribution is -0.118. The first-order valence-corrected chi connectivity index (χ1v) is 8.64. The standard InChI is InChI=1S/C20H23N3O4.ClH/c1-12-4-5-13(21)8-17(12)19(24)22-18-6-7-23(20(18)25)14-9-15(26-2)11-16(10-14)27-3;/h4-5,8-11,18H,6-7,21H2,1-3H3,(H,22,24);1H. The summed E-state index contributed by atoms with van der Waals surface area (Å²) in [6, 6.07) is 9.84.